The van der Waals surface area contributed by atoms with E-state index in [1.807, 2.05) is 33.8 Å². The number of anilines is 2. The van der Waals surface area contributed by atoms with Crippen LogP contribution in [0.15, 0.2) is 12.3 Å². The van der Waals surface area contributed by atoms with Crippen LogP contribution in [-0.2, 0) is 4.74 Å². The van der Waals surface area contributed by atoms with Gasteiger partial charge in [0, 0.05) is 45.0 Å². The Balaban J connectivity index is 1.74. The average Bonchev–Trinajstić information content (AvgIpc) is 2.51. The number of nitrogens with zero attached hydrogens (tertiary/aromatic N) is 4. The Morgan fingerprint density at radius 3 is 2.59 bits per heavy atom. The first-order valence-corrected chi connectivity index (χ1v) is 9.70. The van der Waals surface area contributed by atoms with Gasteiger partial charge in [0.05, 0.1) is 16.3 Å². The molecule has 8 heteroatoms. The second kappa shape index (κ2) is 7.02. The fraction of sp³-hybridized carbons (Fsp3) is 0.684. The Kier molecular flexibility index (Phi) is 5.20. The maximum atomic E-state index is 12.4. The van der Waals surface area contributed by atoms with Crippen molar-refractivity contribution in [3.05, 3.63) is 17.3 Å². The van der Waals surface area contributed by atoms with Crippen LogP contribution in [0.5, 0.6) is 0 Å². The molecule has 7 nitrogen and oxygen atoms in total. The molecular weight excluding hydrogens is 368 g/mol. The van der Waals surface area contributed by atoms with E-state index < -0.39 is 11.2 Å². The third kappa shape index (κ3) is 4.58. The summed E-state index contributed by atoms with van der Waals surface area (Å²) in [6.07, 6.45) is 1.36. The zero-order valence-corrected chi connectivity index (χ0v) is 17.5. The molecular formula is C19H29ClN4O3. The number of hydrogen-bond donors (Lipinski definition) is 1. The molecule has 2 fully saturated rings. The van der Waals surface area contributed by atoms with Gasteiger partial charge in [0.1, 0.15) is 5.60 Å². The SMILES string of the molecule is C[C@@H]1CN(C(=O)OC(C)(C)C)CCN1c1ncc(Cl)cc1N1CC(C)(O)C1. The summed E-state index contributed by atoms with van der Waals surface area (Å²) >= 11 is 6.17. The van der Waals surface area contributed by atoms with Crippen molar-refractivity contribution in [2.24, 2.45) is 0 Å². The average molecular weight is 397 g/mol. The molecule has 1 atom stereocenters. The van der Waals surface area contributed by atoms with Gasteiger partial charge in [-0.1, -0.05) is 11.6 Å². The molecule has 0 unspecified atom stereocenters. The molecule has 0 radical (unpaired) electrons. The van der Waals surface area contributed by atoms with Crippen molar-refractivity contribution in [2.45, 2.75) is 51.9 Å². The number of aromatic nitrogens is 1. The fourth-order valence-electron chi connectivity index (χ4n) is 3.59. The van der Waals surface area contributed by atoms with Gasteiger partial charge < -0.3 is 24.5 Å². The molecule has 1 aromatic rings. The lowest BCUT2D eigenvalue weighted by molar-refractivity contribution is 0.0216. The third-order valence-corrected chi connectivity index (χ3v) is 4.98. The molecule has 0 spiro atoms. The summed E-state index contributed by atoms with van der Waals surface area (Å²) in [5.41, 5.74) is -0.260. The Hall–Kier alpha value is -1.73. The summed E-state index contributed by atoms with van der Waals surface area (Å²) in [5, 5.41) is 10.7. The molecule has 1 amide bonds. The lowest BCUT2D eigenvalue weighted by Crippen LogP contribution is -2.61. The number of ether oxygens (including phenoxy) is 1. The summed E-state index contributed by atoms with van der Waals surface area (Å²) in [6, 6.07) is 1.98. The zero-order valence-electron chi connectivity index (χ0n) is 16.7. The molecule has 3 heterocycles. The van der Waals surface area contributed by atoms with Crippen LogP contribution in [0, 0.1) is 0 Å². The van der Waals surface area contributed by atoms with Crippen molar-refractivity contribution in [3.8, 4) is 0 Å². The van der Waals surface area contributed by atoms with Gasteiger partial charge in [-0.05, 0) is 40.7 Å². The van der Waals surface area contributed by atoms with Gasteiger partial charge in [0.25, 0.3) is 0 Å². The van der Waals surface area contributed by atoms with E-state index in [-0.39, 0.29) is 12.1 Å². The lowest BCUT2D eigenvalue weighted by Gasteiger charge is -2.48. The summed E-state index contributed by atoms with van der Waals surface area (Å²) in [5.74, 6) is 0.839. The molecule has 1 aromatic heterocycles. The lowest BCUT2D eigenvalue weighted by atomic mass is 9.96. The van der Waals surface area contributed by atoms with E-state index in [1.165, 1.54) is 0 Å². The second-order valence-corrected chi connectivity index (χ2v) is 9.25. The number of halogens is 1. The number of carbonyl (C=O) groups is 1. The first-order valence-electron chi connectivity index (χ1n) is 9.33. The minimum absolute atomic E-state index is 0.0838. The van der Waals surface area contributed by atoms with E-state index in [0.29, 0.717) is 37.7 Å². The summed E-state index contributed by atoms with van der Waals surface area (Å²) in [7, 11) is 0. The fourth-order valence-corrected chi connectivity index (χ4v) is 3.74. The van der Waals surface area contributed by atoms with Gasteiger partial charge in [-0.25, -0.2) is 9.78 Å². The molecule has 2 aliphatic heterocycles. The molecule has 2 saturated heterocycles. The van der Waals surface area contributed by atoms with Crippen LogP contribution >= 0.6 is 11.6 Å². The largest absolute Gasteiger partial charge is 0.444 e. The molecule has 0 aliphatic carbocycles. The van der Waals surface area contributed by atoms with Crippen molar-refractivity contribution < 1.29 is 14.6 Å². The number of pyridine rings is 1. The molecule has 27 heavy (non-hydrogen) atoms. The number of hydrogen-bond acceptors (Lipinski definition) is 6. The monoisotopic (exact) mass is 396 g/mol. The number of piperazine rings is 1. The number of carbonyl (C=O) groups excluding carboxylic acids is 1. The minimum Gasteiger partial charge on any atom is -0.444 e. The van der Waals surface area contributed by atoms with E-state index in [9.17, 15) is 9.90 Å². The topological polar surface area (TPSA) is 69.1 Å². The highest BCUT2D eigenvalue weighted by molar-refractivity contribution is 6.30. The molecule has 0 aromatic carbocycles. The summed E-state index contributed by atoms with van der Waals surface area (Å²) in [4.78, 5) is 23.0. The van der Waals surface area contributed by atoms with E-state index >= 15 is 0 Å². The third-order valence-electron chi connectivity index (χ3n) is 4.77. The van der Waals surface area contributed by atoms with Crippen molar-refractivity contribution in [2.75, 3.05) is 42.5 Å². The number of rotatable bonds is 2. The van der Waals surface area contributed by atoms with E-state index in [4.69, 9.17) is 16.3 Å². The standard InChI is InChI=1S/C19H29ClN4O3/c1-13-10-22(17(25)27-18(2,3)4)6-7-24(13)16-15(8-14(20)9-21-16)23-11-19(5,26)12-23/h8-9,13,26H,6-7,10-12H2,1-5H3/t13-/m1/s1. The maximum absolute atomic E-state index is 12.4. The van der Waals surface area contributed by atoms with Crippen LogP contribution in [0.4, 0.5) is 16.3 Å². The molecule has 3 rings (SSSR count). The normalized spacial score (nSPS) is 22.5. The van der Waals surface area contributed by atoms with E-state index in [0.717, 1.165) is 11.5 Å². The maximum Gasteiger partial charge on any atom is 0.410 e. The highest BCUT2D eigenvalue weighted by atomic mass is 35.5. The minimum atomic E-state index is -0.680. The number of β-amino-alcohol motifs (C(OH)–C–C–N with tert-alkyl or cyclic N) is 1. The van der Waals surface area contributed by atoms with Crippen molar-refractivity contribution >= 4 is 29.2 Å². The summed E-state index contributed by atoms with van der Waals surface area (Å²) < 4.78 is 5.49. The van der Waals surface area contributed by atoms with Crippen LogP contribution in [0.25, 0.3) is 0 Å². The highest BCUT2D eigenvalue weighted by Gasteiger charge is 2.39. The van der Waals surface area contributed by atoms with E-state index in [1.54, 1.807) is 11.1 Å². The Bertz CT molecular complexity index is 711. The van der Waals surface area contributed by atoms with Gasteiger partial charge in [-0.3, -0.25) is 0 Å². The predicted molar refractivity (Wildman–Crippen MR) is 107 cm³/mol. The van der Waals surface area contributed by atoms with Gasteiger partial charge in [-0.2, -0.15) is 0 Å². The summed E-state index contributed by atoms with van der Waals surface area (Å²) in [6.45, 7) is 12.4. The van der Waals surface area contributed by atoms with Crippen molar-refractivity contribution in [1.29, 1.82) is 0 Å². The Morgan fingerprint density at radius 2 is 2.04 bits per heavy atom. The molecule has 0 saturated carbocycles. The van der Waals surface area contributed by atoms with Crippen molar-refractivity contribution in [3.63, 3.8) is 0 Å². The van der Waals surface area contributed by atoms with Crippen molar-refractivity contribution in [1.82, 2.24) is 9.88 Å². The smallest absolute Gasteiger partial charge is 0.410 e. The van der Waals surface area contributed by atoms with Crippen LogP contribution in [0.3, 0.4) is 0 Å². The Morgan fingerprint density at radius 1 is 1.37 bits per heavy atom. The molecule has 150 valence electrons. The van der Waals surface area contributed by atoms with Crippen LogP contribution < -0.4 is 9.80 Å². The number of aliphatic hydroxyl groups is 1. The predicted octanol–water partition coefficient (Wildman–Crippen LogP) is 2.75. The Labute approximate surface area is 165 Å². The van der Waals surface area contributed by atoms with Gasteiger partial charge in [0.2, 0.25) is 0 Å². The number of amides is 1. The van der Waals surface area contributed by atoms with Crippen LogP contribution in [0.2, 0.25) is 5.02 Å². The van der Waals surface area contributed by atoms with Gasteiger partial charge >= 0.3 is 6.09 Å². The zero-order chi connectivity index (χ0) is 20.0. The van der Waals surface area contributed by atoms with Crippen LogP contribution in [-0.4, -0.2) is 71.1 Å². The molecule has 2 aliphatic rings. The first kappa shape index (κ1) is 20.0. The quantitative estimate of drug-likeness (QED) is 0.828. The molecule has 0 bridgehead atoms. The van der Waals surface area contributed by atoms with Crippen LogP contribution in [0.1, 0.15) is 34.6 Å². The highest BCUT2D eigenvalue weighted by Crippen LogP contribution is 2.37. The van der Waals surface area contributed by atoms with Gasteiger partial charge in [0.15, 0.2) is 5.82 Å². The van der Waals surface area contributed by atoms with E-state index in [2.05, 4.69) is 21.7 Å². The second-order valence-electron chi connectivity index (χ2n) is 8.82. The molecule has 1 N–H and O–H groups in total. The first-order chi connectivity index (χ1) is 12.5. The van der Waals surface area contributed by atoms with Gasteiger partial charge in [-0.15, -0.1) is 0 Å².